The molecule has 0 saturated heterocycles. The predicted octanol–water partition coefficient (Wildman–Crippen LogP) is 18.0. The zero-order chi connectivity index (χ0) is 51.4. The van der Waals surface area contributed by atoms with E-state index in [9.17, 15) is 5.26 Å². The molecule has 1 aliphatic carbocycles. The molecular weight excluding hydrogens is 949 g/mol. The van der Waals surface area contributed by atoms with Crippen LogP contribution in [0.2, 0.25) is 0 Å². The lowest BCUT2D eigenvalue weighted by atomic mass is 9.91. The average molecular weight is 995 g/mol. The Morgan fingerprint density at radius 1 is 0.359 bits per heavy atom. The fourth-order valence-electron chi connectivity index (χ4n) is 13.0. The highest BCUT2D eigenvalue weighted by molar-refractivity contribution is 6.14. The van der Waals surface area contributed by atoms with E-state index in [2.05, 4.69) is 279 Å². The molecule has 0 bridgehead atoms. The van der Waals surface area contributed by atoms with Gasteiger partial charge in [-0.3, -0.25) is 0 Å². The van der Waals surface area contributed by atoms with Gasteiger partial charge in [0.2, 0.25) is 0 Å². The standard InChI is InChI=1S/C72H46N6/c73-45-49-41-72(78-68-34-18-12-28-57(68)60-43-51(36-38-70(60)78)76-65-31-15-9-25-54(65)55-26-10-16-32-66(55)76)58(48-39-61(46-19-3-1-4-20-46)74-62(40-48)47-21-5-2-6-22-47)44-71(49)77-67-33-17-11-27-56(67)59-42-50(35-37-69(59)77)75-63-29-13-7-23-52(63)53-24-8-14-30-64(53)75/h1-44,54,65H. The number of hydrogen-bond donors (Lipinski definition) is 0. The van der Waals surface area contributed by atoms with Gasteiger partial charge in [0.05, 0.1) is 67.5 Å². The Kier molecular flexibility index (Phi) is 9.72. The number of pyridine rings is 1. The summed E-state index contributed by atoms with van der Waals surface area (Å²) >= 11 is 0. The van der Waals surface area contributed by atoms with Crippen molar-refractivity contribution in [1.29, 1.82) is 5.26 Å². The summed E-state index contributed by atoms with van der Waals surface area (Å²) in [5, 5.41) is 18.6. The second-order valence-electron chi connectivity index (χ2n) is 20.5. The Morgan fingerprint density at radius 3 is 1.44 bits per heavy atom. The van der Waals surface area contributed by atoms with Crippen LogP contribution in [0.5, 0.6) is 0 Å². The van der Waals surface area contributed by atoms with Gasteiger partial charge in [-0.25, -0.2) is 4.98 Å². The van der Waals surface area contributed by atoms with Gasteiger partial charge in [0, 0.05) is 72.0 Å². The Labute approximate surface area is 450 Å². The highest BCUT2D eigenvalue weighted by Crippen LogP contribution is 2.49. The molecule has 10 aromatic carbocycles. The van der Waals surface area contributed by atoms with Crippen molar-refractivity contribution in [2.24, 2.45) is 0 Å². The number of benzene rings is 10. The van der Waals surface area contributed by atoms with Gasteiger partial charge in [-0.05, 0) is 102 Å². The smallest absolute Gasteiger partial charge is 0.101 e. The summed E-state index contributed by atoms with van der Waals surface area (Å²) in [5.74, 6) is 0.271. The minimum absolute atomic E-state index is 0.168. The second-order valence-corrected chi connectivity index (χ2v) is 20.5. The molecule has 0 amide bonds. The molecule has 4 aromatic heterocycles. The molecular formula is C72H46N6. The van der Waals surface area contributed by atoms with Crippen molar-refractivity contribution in [1.82, 2.24) is 18.7 Å². The summed E-state index contributed by atoms with van der Waals surface area (Å²) in [6.45, 7) is 0. The first-order valence-electron chi connectivity index (χ1n) is 26.7. The van der Waals surface area contributed by atoms with Crippen molar-refractivity contribution in [3.05, 3.63) is 278 Å². The Balaban J connectivity index is 0.967. The molecule has 2 aliphatic rings. The average Bonchev–Trinajstić information content (AvgIpc) is 4.31. The number of anilines is 2. The minimum atomic E-state index is 0.168. The normalized spacial score (nSPS) is 14.8. The predicted molar refractivity (Wildman–Crippen MR) is 322 cm³/mol. The van der Waals surface area contributed by atoms with Crippen LogP contribution < -0.4 is 4.90 Å². The fraction of sp³-hybridized carbons (Fsp3) is 0.0278. The van der Waals surface area contributed by atoms with Gasteiger partial charge in [-0.2, -0.15) is 5.26 Å². The fourth-order valence-corrected chi connectivity index (χ4v) is 13.0. The van der Waals surface area contributed by atoms with Crippen LogP contribution in [0.4, 0.5) is 11.4 Å². The number of rotatable bonds is 7. The maximum Gasteiger partial charge on any atom is 0.101 e. The van der Waals surface area contributed by atoms with E-state index < -0.39 is 0 Å². The van der Waals surface area contributed by atoms with E-state index >= 15 is 0 Å². The van der Waals surface area contributed by atoms with Crippen molar-refractivity contribution in [2.75, 3.05) is 4.90 Å². The van der Waals surface area contributed by atoms with Crippen LogP contribution in [0.25, 0.3) is 116 Å². The summed E-state index contributed by atoms with van der Waals surface area (Å²) in [6.07, 6.45) is 9.02. The number of hydrogen-bond acceptors (Lipinski definition) is 3. The van der Waals surface area contributed by atoms with E-state index in [1.165, 1.54) is 22.0 Å². The van der Waals surface area contributed by atoms with Gasteiger partial charge >= 0.3 is 0 Å². The molecule has 0 N–H and O–H groups in total. The molecule has 6 nitrogen and oxygen atoms in total. The van der Waals surface area contributed by atoms with Crippen molar-refractivity contribution < 1.29 is 0 Å². The molecule has 6 heteroatoms. The van der Waals surface area contributed by atoms with Crippen molar-refractivity contribution in [3.63, 3.8) is 0 Å². The van der Waals surface area contributed by atoms with Crippen LogP contribution in [0.15, 0.2) is 267 Å². The van der Waals surface area contributed by atoms with Crippen molar-refractivity contribution >= 4 is 76.8 Å². The van der Waals surface area contributed by atoms with Crippen LogP contribution >= 0.6 is 0 Å². The summed E-state index contributed by atoms with van der Waals surface area (Å²) in [4.78, 5) is 7.86. The number of aromatic nitrogens is 4. The SMILES string of the molecule is N#Cc1cc(-n2c3ccccc3c3cc(N4c5ccccc5C5C=CC=CC54)ccc32)c(-c2cc(-c3ccccc3)nc(-c3ccccc3)c2)cc1-n1c2ccccc2c2cc(-n3c4ccccc4c4ccccc43)ccc21. The van der Waals surface area contributed by atoms with E-state index in [1.54, 1.807) is 0 Å². The van der Waals surface area contributed by atoms with Gasteiger partial charge in [0.25, 0.3) is 0 Å². The number of para-hydroxylation sites is 5. The number of nitriles is 1. The third kappa shape index (κ3) is 6.58. The topological polar surface area (TPSA) is 54.7 Å². The van der Waals surface area contributed by atoms with Crippen LogP contribution in [0, 0.1) is 11.3 Å². The highest BCUT2D eigenvalue weighted by atomic mass is 15.2. The lowest BCUT2D eigenvalue weighted by Gasteiger charge is -2.29. The summed E-state index contributed by atoms with van der Waals surface area (Å²) in [5.41, 5.74) is 19.2. The number of allylic oxidation sites excluding steroid dienone is 2. The zero-order valence-corrected chi connectivity index (χ0v) is 42.2. The molecule has 2 atom stereocenters. The summed E-state index contributed by atoms with van der Waals surface area (Å²) in [7, 11) is 0. The van der Waals surface area contributed by atoms with Crippen LogP contribution in [0.1, 0.15) is 17.0 Å². The van der Waals surface area contributed by atoms with Crippen molar-refractivity contribution in [2.45, 2.75) is 12.0 Å². The third-order valence-corrected chi connectivity index (χ3v) is 16.4. The largest absolute Gasteiger partial charge is 0.333 e. The van der Waals surface area contributed by atoms with Gasteiger partial charge in [-0.1, -0.05) is 176 Å². The Bertz CT molecular complexity index is 4780. The van der Waals surface area contributed by atoms with E-state index in [-0.39, 0.29) is 12.0 Å². The minimum Gasteiger partial charge on any atom is -0.333 e. The Hall–Kier alpha value is -10.5. The molecule has 16 rings (SSSR count). The molecule has 0 radical (unpaired) electrons. The summed E-state index contributed by atoms with van der Waals surface area (Å²) < 4.78 is 7.06. The third-order valence-electron chi connectivity index (χ3n) is 16.4. The first-order chi connectivity index (χ1) is 38.7. The van der Waals surface area contributed by atoms with Gasteiger partial charge in [0.15, 0.2) is 0 Å². The van der Waals surface area contributed by atoms with Crippen LogP contribution in [-0.2, 0) is 0 Å². The monoisotopic (exact) mass is 994 g/mol. The lowest BCUT2D eigenvalue weighted by molar-refractivity contribution is 0.745. The summed E-state index contributed by atoms with van der Waals surface area (Å²) in [6, 6.07) is 89.8. The quantitative estimate of drug-likeness (QED) is 0.160. The molecule has 78 heavy (non-hydrogen) atoms. The lowest BCUT2D eigenvalue weighted by Crippen LogP contribution is -2.28. The second kappa shape index (κ2) is 17.3. The van der Waals surface area contributed by atoms with E-state index in [0.717, 1.165) is 111 Å². The van der Waals surface area contributed by atoms with E-state index in [0.29, 0.717) is 5.56 Å². The maximum atomic E-state index is 11.7. The number of fused-ring (bicyclic) bond motifs is 12. The highest BCUT2D eigenvalue weighted by Gasteiger charge is 2.37. The zero-order valence-electron chi connectivity index (χ0n) is 42.2. The van der Waals surface area contributed by atoms with Crippen molar-refractivity contribution in [3.8, 4) is 56.8 Å². The van der Waals surface area contributed by atoms with Gasteiger partial charge in [0.1, 0.15) is 6.07 Å². The van der Waals surface area contributed by atoms with Crippen LogP contribution in [0.3, 0.4) is 0 Å². The number of nitrogens with zero attached hydrogens (tertiary/aromatic N) is 6. The van der Waals surface area contributed by atoms with E-state index in [1.807, 2.05) is 12.1 Å². The molecule has 0 fully saturated rings. The molecule has 1 aliphatic heterocycles. The van der Waals surface area contributed by atoms with Gasteiger partial charge < -0.3 is 18.6 Å². The van der Waals surface area contributed by atoms with Crippen LogP contribution in [-0.4, -0.2) is 24.7 Å². The van der Waals surface area contributed by atoms with Gasteiger partial charge in [-0.15, -0.1) is 0 Å². The molecule has 14 aromatic rings. The molecule has 5 heterocycles. The maximum absolute atomic E-state index is 11.7. The first-order valence-corrected chi connectivity index (χ1v) is 26.7. The molecule has 2 unspecified atom stereocenters. The molecule has 0 saturated carbocycles. The first kappa shape index (κ1) is 43.9. The van der Waals surface area contributed by atoms with E-state index in [4.69, 9.17) is 4.98 Å². The molecule has 0 spiro atoms. The Morgan fingerprint density at radius 2 is 0.833 bits per heavy atom. The molecule has 364 valence electrons.